The van der Waals surface area contributed by atoms with E-state index in [1.807, 2.05) is 0 Å². The average molecular weight is 1060 g/mol. The minimum atomic E-state index is -0.804. The number of rotatable bonds is 59. The lowest BCUT2D eigenvalue weighted by Gasteiger charge is -2.18. The Morgan fingerprint density at radius 1 is 0.276 bits per heavy atom. The predicted octanol–water partition coefficient (Wildman–Crippen LogP) is 22.3. The monoisotopic (exact) mass is 1060 g/mol. The van der Waals surface area contributed by atoms with Crippen molar-refractivity contribution in [3.8, 4) is 0 Å². The number of hydrogen-bond acceptors (Lipinski definition) is 6. The molecule has 76 heavy (non-hydrogen) atoms. The third kappa shape index (κ3) is 61.4. The molecule has 0 aromatic heterocycles. The van der Waals surface area contributed by atoms with Gasteiger partial charge in [0.2, 0.25) is 0 Å². The second kappa shape index (κ2) is 64.1. The van der Waals surface area contributed by atoms with Crippen molar-refractivity contribution < 1.29 is 28.6 Å². The summed E-state index contributed by atoms with van der Waals surface area (Å²) in [5.41, 5.74) is 0. The molecule has 438 valence electrons. The van der Waals surface area contributed by atoms with Crippen LogP contribution < -0.4 is 0 Å². The number of unbranched alkanes of at least 4 members (excludes halogenated alkanes) is 34. The van der Waals surface area contributed by atoms with Crippen LogP contribution in [0.4, 0.5) is 0 Å². The van der Waals surface area contributed by atoms with Gasteiger partial charge in [-0.3, -0.25) is 14.4 Å². The summed E-state index contributed by atoms with van der Waals surface area (Å²) in [4.78, 5) is 38.2. The Morgan fingerprint density at radius 2 is 0.526 bits per heavy atom. The van der Waals surface area contributed by atoms with E-state index in [0.29, 0.717) is 19.3 Å². The Balaban J connectivity index is 4.25. The van der Waals surface area contributed by atoms with Crippen molar-refractivity contribution in [2.75, 3.05) is 13.2 Å². The standard InChI is InChI=1S/C70H122O6/c1-4-7-10-13-16-19-22-25-27-29-30-31-32-33-34-35-36-37-38-39-40-42-43-45-48-51-54-57-60-63-69(72)75-66-67(65-74-68(71)62-59-56-53-50-47-24-21-18-15-12-9-6-3)76-70(73)64-61-58-55-52-49-46-44-41-28-26-23-20-17-14-11-8-5-2/h8,11,17,20,22,25-26,28-30,44,46,52,55,67H,4-7,9-10,12-16,18-19,21,23-24,27,31-43,45,47-51,53-54,56-66H2,1-3H3/b11-8-,20-17-,25-22-,28-26-,30-29-,46-44-,55-52-. The Hall–Kier alpha value is -3.41. The van der Waals surface area contributed by atoms with E-state index in [4.69, 9.17) is 14.2 Å². The minimum absolute atomic E-state index is 0.0955. The van der Waals surface area contributed by atoms with Crippen LogP contribution in [0.3, 0.4) is 0 Å². The van der Waals surface area contributed by atoms with E-state index in [1.54, 1.807) is 0 Å². The minimum Gasteiger partial charge on any atom is -0.462 e. The number of carbonyl (C=O) groups excluding carboxylic acids is 3. The molecule has 0 aliphatic heterocycles. The van der Waals surface area contributed by atoms with Crippen molar-refractivity contribution in [1.29, 1.82) is 0 Å². The number of esters is 3. The molecule has 1 atom stereocenters. The Morgan fingerprint density at radius 3 is 0.842 bits per heavy atom. The van der Waals surface area contributed by atoms with Crippen molar-refractivity contribution in [2.45, 2.75) is 329 Å². The van der Waals surface area contributed by atoms with Crippen LogP contribution in [-0.2, 0) is 28.6 Å². The van der Waals surface area contributed by atoms with Gasteiger partial charge in [-0.1, -0.05) is 298 Å². The largest absolute Gasteiger partial charge is 0.462 e. The topological polar surface area (TPSA) is 78.9 Å². The van der Waals surface area contributed by atoms with Gasteiger partial charge in [0.05, 0.1) is 0 Å². The molecule has 0 amide bonds. The first-order valence-electron chi connectivity index (χ1n) is 32.6. The van der Waals surface area contributed by atoms with Crippen molar-refractivity contribution in [2.24, 2.45) is 0 Å². The molecule has 0 saturated carbocycles. The van der Waals surface area contributed by atoms with Crippen molar-refractivity contribution in [3.63, 3.8) is 0 Å². The molecular weight excluding hydrogens is 937 g/mol. The Bertz CT molecular complexity index is 1450. The first-order valence-corrected chi connectivity index (χ1v) is 32.6. The molecule has 0 spiro atoms. The van der Waals surface area contributed by atoms with Gasteiger partial charge < -0.3 is 14.2 Å². The zero-order valence-electron chi connectivity index (χ0n) is 50.3. The molecule has 0 aliphatic rings. The highest BCUT2D eigenvalue weighted by Gasteiger charge is 2.19. The fourth-order valence-electron chi connectivity index (χ4n) is 9.28. The van der Waals surface area contributed by atoms with Crippen LogP contribution in [0, 0.1) is 0 Å². The van der Waals surface area contributed by atoms with Gasteiger partial charge in [-0.05, 0) is 89.9 Å². The van der Waals surface area contributed by atoms with Crippen molar-refractivity contribution in [3.05, 3.63) is 85.1 Å². The number of allylic oxidation sites excluding steroid dienone is 14. The first kappa shape index (κ1) is 72.6. The molecule has 0 saturated heterocycles. The van der Waals surface area contributed by atoms with Crippen LogP contribution in [0.1, 0.15) is 323 Å². The molecule has 0 aliphatic carbocycles. The average Bonchev–Trinajstić information content (AvgIpc) is 3.42. The summed E-state index contributed by atoms with van der Waals surface area (Å²) in [6, 6.07) is 0. The van der Waals surface area contributed by atoms with E-state index in [2.05, 4.69) is 106 Å². The molecule has 0 aromatic rings. The summed E-state index contributed by atoms with van der Waals surface area (Å²) in [6.07, 6.45) is 84.7. The summed E-state index contributed by atoms with van der Waals surface area (Å²) >= 11 is 0. The fourth-order valence-corrected chi connectivity index (χ4v) is 9.28. The second-order valence-electron chi connectivity index (χ2n) is 21.6. The highest BCUT2D eigenvalue weighted by molar-refractivity contribution is 5.71. The fraction of sp³-hybridized carbons (Fsp3) is 0.757. The summed E-state index contributed by atoms with van der Waals surface area (Å²) in [5.74, 6) is -0.942. The lowest BCUT2D eigenvalue weighted by atomic mass is 10.0. The maximum absolute atomic E-state index is 12.9. The molecule has 1 unspecified atom stereocenters. The first-order chi connectivity index (χ1) is 37.5. The SMILES string of the molecule is CC/C=C\C/C=C\C/C=C\C/C=C\C/C=C\CCCC(=O)OC(COC(=O)CCCCCCCCCCCCCC)COC(=O)CCCCCCCCCCCCCCCCCCC/C=C\C/C=C\CCCCCCC. The van der Waals surface area contributed by atoms with Gasteiger partial charge in [-0.15, -0.1) is 0 Å². The lowest BCUT2D eigenvalue weighted by molar-refractivity contribution is -0.167. The van der Waals surface area contributed by atoms with Crippen LogP contribution in [0.15, 0.2) is 85.1 Å². The molecule has 6 nitrogen and oxygen atoms in total. The highest BCUT2D eigenvalue weighted by Crippen LogP contribution is 2.17. The maximum atomic E-state index is 12.9. The zero-order chi connectivity index (χ0) is 55.0. The summed E-state index contributed by atoms with van der Waals surface area (Å²) in [7, 11) is 0. The molecule has 0 N–H and O–H groups in total. The van der Waals surface area contributed by atoms with Crippen molar-refractivity contribution >= 4 is 17.9 Å². The van der Waals surface area contributed by atoms with E-state index >= 15 is 0 Å². The van der Waals surface area contributed by atoms with Gasteiger partial charge in [0.15, 0.2) is 6.10 Å². The molecule has 6 heteroatoms. The van der Waals surface area contributed by atoms with Crippen LogP contribution >= 0.6 is 0 Å². The molecule has 0 radical (unpaired) electrons. The molecule has 0 aromatic carbocycles. The number of hydrogen-bond donors (Lipinski definition) is 0. The van der Waals surface area contributed by atoms with Crippen molar-refractivity contribution in [1.82, 2.24) is 0 Å². The van der Waals surface area contributed by atoms with Gasteiger partial charge in [0.1, 0.15) is 13.2 Å². The van der Waals surface area contributed by atoms with Gasteiger partial charge in [0.25, 0.3) is 0 Å². The molecule has 0 heterocycles. The quantitative estimate of drug-likeness (QED) is 0.0261. The lowest BCUT2D eigenvalue weighted by Crippen LogP contribution is -2.30. The van der Waals surface area contributed by atoms with E-state index in [0.717, 1.165) is 83.5 Å². The Kier molecular flexibility index (Phi) is 61.2. The zero-order valence-corrected chi connectivity index (χ0v) is 50.3. The highest BCUT2D eigenvalue weighted by atomic mass is 16.6. The van der Waals surface area contributed by atoms with E-state index in [-0.39, 0.29) is 37.5 Å². The van der Waals surface area contributed by atoms with Gasteiger partial charge in [-0.2, -0.15) is 0 Å². The summed E-state index contributed by atoms with van der Waals surface area (Å²) < 4.78 is 16.9. The second-order valence-corrected chi connectivity index (χ2v) is 21.6. The normalized spacial score (nSPS) is 12.6. The molecule has 0 bridgehead atoms. The Labute approximate surface area is 471 Å². The molecular formula is C70H122O6. The van der Waals surface area contributed by atoms with Crippen LogP contribution in [-0.4, -0.2) is 37.2 Å². The van der Waals surface area contributed by atoms with Crippen LogP contribution in [0.5, 0.6) is 0 Å². The number of ether oxygens (including phenoxy) is 3. The summed E-state index contributed by atoms with van der Waals surface area (Å²) in [5, 5.41) is 0. The van der Waals surface area contributed by atoms with E-state index in [1.165, 1.54) is 193 Å². The van der Waals surface area contributed by atoms with Crippen LogP contribution in [0.2, 0.25) is 0 Å². The maximum Gasteiger partial charge on any atom is 0.306 e. The third-order valence-electron chi connectivity index (χ3n) is 14.1. The van der Waals surface area contributed by atoms with Gasteiger partial charge in [0, 0.05) is 19.3 Å². The third-order valence-corrected chi connectivity index (χ3v) is 14.1. The van der Waals surface area contributed by atoms with Crippen LogP contribution in [0.25, 0.3) is 0 Å². The number of carbonyl (C=O) groups is 3. The van der Waals surface area contributed by atoms with E-state index < -0.39 is 6.10 Å². The molecule has 0 fully saturated rings. The van der Waals surface area contributed by atoms with E-state index in [9.17, 15) is 14.4 Å². The summed E-state index contributed by atoms with van der Waals surface area (Å²) in [6.45, 7) is 6.50. The molecule has 0 rings (SSSR count). The predicted molar refractivity (Wildman–Crippen MR) is 330 cm³/mol. The van der Waals surface area contributed by atoms with Gasteiger partial charge in [-0.25, -0.2) is 0 Å². The van der Waals surface area contributed by atoms with Gasteiger partial charge >= 0.3 is 17.9 Å². The smallest absolute Gasteiger partial charge is 0.306 e.